The summed E-state index contributed by atoms with van der Waals surface area (Å²) >= 11 is 3.53. The zero-order chi connectivity index (χ0) is 14.3. The van der Waals surface area contributed by atoms with Crippen LogP contribution in [-0.4, -0.2) is 30.7 Å². The summed E-state index contributed by atoms with van der Waals surface area (Å²) in [5.74, 6) is 0.985. The molecule has 0 spiro atoms. The number of piperidine rings is 1. The van der Waals surface area contributed by atoms with Gasteiger partial charge in [-0.05, 0) is 36.0 Å². The van der Waals surface area contributed by atoms with Gasteiger partial charge in [-0.3, -0.25) is 0 Å². The Bertz CT molecular complexity index is 531. The number of carbonyl (C=O) groups is 1. The molecule has 2 fully saturated rings. The van der Waals surface area contributed by atoms with Crippen molar-refractivity contribution < 1.29 is 9.53 Å². The molecule has 0 aromatic heterocycles. The maximum atomic E-state index is 12.1. The van der Waals surface area contributed by atoms with Gasteiger partial charge in [0.25, 0.3) is 0 Å². The number of benzene rings is 1. The first-order chi connectivity index (χ1) is 9.51. The van der Waals surface area contributed by atoms with Crippen molar-refractivity contribution in [1.82, 2.24) is 4.90 Å². The molecular weight excluding hydrogens is 318 g/mol. The Kier molecular flexibility index (Phi) is 3.53. The van der Waals surface area contributed by atoms with Crippen molar-refractivity contribution in [1.29, 1.82) is 0 Å². The Morgan fingerprint density at radius 2 is 2.35 bits per heavy atom. The molecule has 3 rings (SSSR count). The van der Waals surface area contributed by atoms with Crippen molar-refractivity contribution >= 4 is 22.0 Å². The summed E-state index contributed by atoms with van der Waals surface area (Å²) in [4.78, 5) is 13.9. The molecule has 0 bridgehead atoms. The minimum absolute atomic E-state index is 0.153. The van der Waals surface area contributed by atoms with Gasteiger partial charge in [0.1, 0.15) is 0 Å². The second-order valence-corrected chi connectivity index (χ2v) is 7.33. The normalized spacial score (nSPS) is 27.6. The highest BCUT2D eigenvalue weighted by Gasteiger charge is 2.61. The van der Waals surface area contributed by atoms with Crippen LogP contribution in [0.3, 0.4) is 0 Å². The van der Waals surface area contributed by atoms with Gasteiger partial charge in [0.2, 0.25) is 0 Å². The minimum atomic E-state index is -0.153. The summed E-state index contributed by atoms with van der Waals surface area (Å²) in [5, 5.41) is 0. The molecule has 1 heterocycles. The Hall–Kier alpha value is -1.03. The van der Waals surface area contributed by atoms with E-state index in [1.54, 1.807) is 0 Å². The molecule has 4 heteroatoms. The Labute approximate surface area is 128 Å². The van der Waals surface area contributed by atoms with Crippen LogP contribution in [0.4, 0.5) is 4.79 Å². The van der Waals surface area contributed by atoms with E-state index in [1.165, 1.54) is 12.0 Å². The smallest absolute Gasteiger partial charge is 0.409 e. The van der Waals surface area contributed by atoms with Crippen LogP contribution in [-0.2, 0) is 10.2 Å². The Morgan fingerprint density at radius 1 is 1.55 bits per heavy atom. The lowest BCUT2D eigenvalue weighted by Gasteiger charge is -2.21. The number of rotatable bonds is 3. The molecule has 1 aliphatic heterocycles. The van der Waals surface area contributed by atoms with E-state index in [2.05, 4.69) is 48.0 Å². The molecular formula is C16H20BrNO2. The summed E-state index contributed by atoms with van der Waals surface area (Å²) in [6.07, 6.45) is 1.04. The number of likely N-dealkylation sites (tertiary alicyclic amines) is 1. The molecule has 1 aromatic carbocycles. The summed E-state index contributed by atoms with van der Waals surface area (Å²) in [7, 11) is 0. The van der Waals surface area contributed by atoms with Crippen molar-refractivity contribution in [3.63, 3.8) is 0 Å². The van der Waals surface area contributed by atoms with E-state index in [-0.39, 0.29) is 11.5 Å². The zero-order valence-electron chi connectivity index (χ0n) is 11.9. The molecule has 1 amide bonds. The molecule has 108 valence electrons. The molecule has 2 aliphatic rings. The molecule has 1 aromatic rings. The number of amides is 1. The van der Waals surface area contributed by atoms with E-state index in [0.717, 1.165) is 17.6 Å². The van der Waals surface area contributed by atoms with Gasteiger partial charge in [-0.25, -0.2) is 4.79 Å². The largest absolute Gasteiger partial charge is 0.449 e. The van der Waals surface area contributed by atoms with Crippen molar-refractivity contribution in [3.8, 4) is 0 Å². The van der Waals surface area contributed by atoms with E-state index >= 15 is 0 Å². The fourth-order valence-corrected chi connectivity index (χ4v) is 3.60. The van der Waals surface area contributed by atoms with E-state index in [0.29, 0.717) is 18.4 Å². The van der Waals surface area contributed by atoms with Gasteiger partial charge in [-0.15, -0.1) is 0 Å². The predicted molar refractivity (Wildman–Crippen MR) is 81.7 cm³/mol. The van der Waals surface area contributed by atoms with E-state index < -0.39 is 0 Å². The third-order valence-corrected chi connectivity index (χ3v) is 4.84. The zero-order valence-corrected chi connectivity index (χ0v) is 13.5. The molecule has 0 radical (unpaired) electrons. The molecule has 0 N–H and O–H groups in total. The molecule has 20 heavy (non-hydrogen) atoms. The number of ether oxygens (including phenoxy) is 1. The Balaban J connectivity index is 1.67. The number of nitrogens with zero attached hydrogens (tertiary/aromatic N) is 1. The van der Waals surface area contributed by atoms with Crippen molar-refractivity contribution in [3.05, 3.63) is 34.3 Å². The first kappa shape index (κ1) is 13.9. The highest BCUT2D eigenvalue weighted by molar-refractivity contribution is 9.10. The quantitative estimate of drug-likeness (QED) is 0.839. The maximum Gasteiger partial charge on any atom is 0.409 e. The summed E-state index contributed by atoms with van der Waals surface area (Å²) in [5.41, 5.74) is 1.52. The number of halogens is 1. The second kappa shape index (κ2) is 5.06. The number of hydrogen-bond donors (Lipinski definition) is 0. The van der Waals surface area contributed by atoms with Crippen LogP contribution >= 0.6 is 15.9 Å². The van der Waals surface area contributed by atoms with Crippen LogP contribution < -0.4 is 0 Å². The summed E-state index contributed by atoms with van der Waals surface area (Å²) in [6.45, 7) is 6.24. The predicted octanol–water partition coefficient (Wildman–Crippen LogP) is 3.82. The fourth-order valence-electron chi connectivity index (χ4n) is 3.20. The van der Waals surface area contributed by atoms with Gasteiger partial charge >= 0.3 is 6.09 Å². The SMILES string of the molecule is CC(C)COC(=O)N1CC2CC2(c2cccc(Br)c2)C1. The number of hydrogen-bond acceptors (Lipinski definition) is 2. The summed E-state index contributed by atoms with van der Waals surface area (Å²) < 4.78 is 6.45. The third kappa shape index (κ3) is 2.46. The van der Waals surface area contributed by atoms with Crippen LogP contribution in [0.2, 0.25) is 0 Å². The van der Waals surface area contributed by atoms with Gasteiger partial charge in [-0.1, -0.05) is 41.9 Å². The van der Waals surface area contributed by atoms with Gasteiger partial charge < -0.3 is 9.64 Å². The highest BCUT2D eigenvalue weighted by Crippen LogP contribution is 2.59. The first-order valence-electron chi connectivity index (χ1n) is 7.19. The molecule has 1 aliphatic carbocycles. The molecule has 2 unspecified atom stereocenters. The molecule has 1 saturated heterocycles. The van der Waals surface area contributed by atoms with E-state index in [4.69, 9.17) is 4.74 Å². The third-order valence-electron chi connectivity index (χ3n) is 4.34. The van der Waals surface area contributed by atoms with Crippen LogP contribution in [0.15, 0.2) is 28.7 Å². The minimum Gasteiger partial charge on any atom is -0.449 e. The lowest BCUT2D eigenvalue weighted by atomic mass is 9.95. The van der Waals surface area contributed by atoms with Gasteiger partial charge in [0, 0.05) is 23.0 Å². The highest BCUT2D eigenvalue weighted by atomic mass is 79.9. The standard InChI is InChI=1S/C16H20BrNO2/c1-11(2)9-20-15(19)18-8-13-7-16(13,10-18)12-4-3-5-14(17)6-12/h3-6,11,13H,7-10H2,1-2H3. The van der Waals surface area contributed by atoms with Gasteiger partial charge in [0.05, 0.1) is 6.61 Å². The maximum absolute atomic E-state index is 12.1. The first-order valence-corrected chi connectivity index (χ1v) is 7.98. The van der Waals surface area contributed by atoms with Gasteiger partial charge in [0.15, 0.2) is 0 Å². The lowest BCUT2D eigenvalue weighted by molar-refractivity contribution is 0.0953. The second-order valence-electron chi connectivity index (χ2n) is 6.42. The number of carbonyl (C=O) groups excluding carboxylic acids is 1. The average Bonchev–Trinajstić information content (AvgIpc) is 2.98. The molecule has 3 nitrogen and oxygen atoms in total. The van der Waals surface area contributed by atoms with E-state index in [1.807, 2.05) is 11.0 Å². The summed E-state index contributed by atoms with van der Waals surface area (Å²) in [6, 6.07) is 8.47. The fraction of sp³-hybridized carbons (Fsp3) is 0.562. The Morgan fingerprint density at radius 3 is 3.05 bits per heavy atom. The molecule has 2 atom stereocenters. The van der Waals surface area contributed by atoms with Crippen molar-refractivity contribution in [2.45, 2.75) is 25.7 Å². The van der Waals surface area contributed by atoms with Crippen LogP contribution in [0.1, 0.15) is 25.8 Å². The monoisotopic (exact) mass is 337 g/mol. The van der Waals surface area contributed by atoms with Gasteiger partial charge in [-0.2, -0.15) is 0 Å². The lowest BCUT2D eigenvalue weighted by Crippen LogP contribution is -2.34. The van der Waals surface area contributed by atoms with Crippen LogP contribution in [0.25, 0.3) is 0 Å². The van der Waals surface area contributed by atoms with Crippen molar-refractivity contribution in [2.75, 3.05) is 19.7 Å². The van der Waals surface area contributed by atoms with Crippen LogP contribution in [0, 0.1) is 11.8 Å². The van der Waals surface area contributed by atoms with E-state index in [9.17, 15) is 4.79 Å². The topological polar surface area (TPSA) is 29.5 Å². The number of fused-ring (bicyclic) bond motifs is 1. The molecule has 1 saturated carbocycles. The van der Waals surface area contributed by atoms with Crippen LogP contribution in [0.5, 0.6) is 0 Å². The average molecular weight is 338 g/mol. The van der Waals surface area contributed by atoms with Crippen molar-refractivity contribution in [2.24, 2.45) is 11.8 Å².